The van der Waals surface area contributed by atoms with Gasteiger partial charge in [0.25, 0.3) is 0 Å². The molecule has 0 spiro atoms. The van der Waals surface area contributed by atoms with Gasteiger partial charge in [0.05, 0.1) is 0 Å². The summed E-state index contributed by atoms with van der Waals surface area (Å²) in [7, 11) is 0. The van der Waals surface area contributed by atoms with E-state index in [1.165, 1.54) is 0 Å². The first kappa shape index (κ1) is 6.92. The van der Waals surface area contributed by atoms with Crippen molar-refractivity contribution in [1.29, 1.82) is 0 Å². The molecule has 0 unspecified atom stereocenters. The first-order chi connectivity index (χ1) is 3.31. The lowest BCUT2D eigenvalue weighted by Crippen LogP contribution is -2.31. The minimum absolute atomic E-state index is 0.893. The third kappa shape index (κ3) is 3.76. The molecule has 0 atom stereocenters. The van der Waals surface area contributed by atoms with Crippen LogP contribution in [0.3, 0.4) is 0 Å². The van der Waals surface area contributed by atoms with Gasteiger partial charge in [0.15, 0.2) is 0 Å². The third-order valence-corrected chi connectivity index (χ3v) is 0.852. The van der Waals surface area contributed by atoms with Crippen LogP contribution in [0.15, 0.2) is 0 Å². The zero-order valence-electron chi connectivity index (χ0n) is 4.85. The monoisotopic (exact) mass is 101 g/mol. The first-order valence-corrected chi connectivity index (χ1v) is 2.60. The number of hydrogen-bond acceptors (Lipinski definition) is 2. The fourth-order valence-electron chi connectivity index (χ4n) is 0.361. The van der Waals surface area contributed by atoms with E-state index in [0.29, 0.717) is 0 Å². The molecular formula is C5H13N2. The molecule has 0 aliphatic heterocycles. The number of hydrogen-bond donors (Lipinski definition) is 1. The van der Waals surface area contributed by atoms with E-state index in [4.69, 9.17) is 5.84 Å². The SMILES string of the molecule is [CH2]CCN(N)CC. The first-order valence-electron chi connectivity index (χ1n) is 2.60. The van der Waals surface area contributed by atoms with Crippen LogP contribution in [0.25, 0.3) is 0 Å². The van der Waals surface area contributed by atoms with Crippen molar-refractivity contribution in [2.24, 2.45) is 5.84 Å². The fraction of sp³-hybridized carbons (Fsp3) is 0.800. The third-order valence-electron chi connectivity index (χ3n) is 0.852. The fourth-order valence-corrected chi connectivity index (χ4v) is 0.361. The largest absolute Gasteiger partial charge is 0.269 e. The van der Waals surface area contributed by atoms with Crippen molar-refractivity contribution in [1.82, 2.24) is 5.01 Å². The molecule has 0 aliphatic carbocycles. The number of rotatable bonds is 3. The topological polar surface area (TPSA) is 29.3 Å². The maximum atomic E-state index is 5.38. The lowest BCUT2D eigenvalue weighted by molar-refractivity contribution is 0.305. The van der Waals surface area contributed by atoms with Gasteiger partial charge in [-0.2, -0.15) is 0 Å². The van der Waals surface area contributed by atoms with Crippen molar-refractivity contribution in [2.45, 2.75) is 13.3 Å². The van der Waals surface area contributed by atoms with E-state index >= 15 is 0 Å². The van der Waals surface area contributed by atoms with Crippen LogP contribution in [0.4, 0.5) is 0 Å². The van der Waals surface area contributed by atoms with E-state index in [1.807, 2.05) is 6.92 Å². The summed E-state index contributed by atoms with van der Waals surface area (Å²) in [4.78, 5) is 0. The highest BCUT2D eigenvalue weighted by Crippen LogP contribution is 1.77. The Hall–Kier alpha value is -0.0800. The molecule has 0 aliphatic rings. The van der Waals surface area contributed by atoms with Crippen molar-refractivity contribution in [3.8, 4) is 0 Å². The molecule has 0 bridgehead atoms. The van der Waals surface area contributed by atoms with Crippen LogP contribution in [-0.4, -0.2) is 18.1 Å². The summed E-state index contributed by atoms with van der Waals surface area (Å²) < 4.78 is 0. The Kier molecular flexibility index (Phi) is 4.04. The van der Waals surface area contributed by atoms with E-state index in [1.54, 1.807) is 5.01 Å². The predicted molar refractivity (Wildman–Crippen MR) is 31.4 cm³/mol. The second-order valence-electron chi connectivity index (χ2n) is 1.48. The standard InChI is InChI=1S/C5H13N2/c1-3-5-7(6)4-2/h1,3-6H2,2H3. The molecule has 0 saturated heterocycles. The summed E-state index contributed by atoms with van der Waals surface area (Å²) in [6.07, 6.45) is 0.893. The van der Waals surface area contributed by atoms with Crippen LogP contribution in [0.2, 0.25) is 0 Å². The van der Waals surface area contributed by atoms with Gasteiger partial charge in [-0.25, -0.2) is 5.01 Å². The molecule has 0 rings (SSSR count). The van der Waals surface area contributed by atoms with Gasteiger partial charge in [0.1, 0.15) is 0 Å². The van der Waals surface area contributed by atoms with Crippen molar-refractivity contribution < 1.29 is 0 Å². The van der Waals surface area contributed by atoms with Crippen molar-refractivity contribution >= 4 is 0 Å². The highest BCUT2D eigenvalue weighted by atomic mass is 15.4. The minimum Gasteiger partial charge on any atom is -0.269 e. The molecule has 0 aromatic carbocycles. The van der Waals surface area contributed by atoms with Crippen LogP contribution < -0.4 is 5.84 Å². The molecule has 0 saturated carbocycles. The van der Waals surface area contributed by atoms with Gasteiger partial charge in [-0.1, -0.05) is 13.8 Å². The zero-order valence-corrected chi connectivity index (χ0v) is 4.85. The number of nitrogens with zero attached hydrogens (tertiary/aromatic N) is 1. The summed E-state index contributed by atoms with van der Waals surface area (Å²) in [6.45, 7) is 7.49. The zero-order chi connectivity index (χ0) is 5.70. The Morgan fingerprint density at radius 2 is 2.29 bits per heavy atom. The average molecular weight is 101 g/mol. The second-order valence-corrected chi connectivity index (χ2v) is 1.48. The van der Waals surface area contributed by atoms with Crippen molar-refractivity contribution in [2.75, 3.05) is 13.1 Å². The van der Waals surface area contributed by atoms with Gasteiger partial charge in [-0.05, 0) is 6.42 Å². The van der Waals surface area contributed by atoms with E-state index in [2.05, 4.69) is 6.92 Å². The maximum absolute atomic E-state index is 5.38. The van der Waals surface area contributed by atoms with E-state index < -0.39 is 0 Å². The van der Waals surface area contributed by atoms with Crippen LogP contribution in [0.5, 0.6) is 0 Å². The molecule has 7 heavy (non-hydrogen) atoms. The Bertz CT molecular complexity index is 37.1. The maximum Gasteiger partial charge on any atom is 0.0128 e. The minimum atomic E-state index is 0.893. The molecule has 0 fully saturated rings. The highest BCUT2D eigenvalue weighted by Gasteiger charge is 1.87. The molecule has 0 amide bonds. The molecule has 2 N–H and O–H groups in total. The summed E-state index contributed by atoms with van der Waals surface area (Å²) in [5.74, 6) is 5.38. The highest BCUT2D eigenvalue weighted by molar-refractivity contribution is 4.44. The van der Waals surface area contributed by atoms with E-state index in [9.17, 15) is 0 Å². The normalized spacial score (nSPS) is 10.3. The Morgan fingerprint density at radius 1 is 1.71 bits per heavy atom. The summed E-state index contributed by atoms with van der Waals surface area (Å²) in [5.41, 5.74) is 0. The summed E-state index contributed by atoms with van der Waals surface area (Å²) in [6, 6.07) is 0. The van der Waals surface area contributed by atoms with Crippen LogP contribution in [0.1, 0.15) is 13.3 Å². The van der Waals surface area contributed by atoms with Crippen LogP contribution >= 0.6 is 0 Å². The Morgan fingerprint density at radius 3 is 2.43 bits per heavy atom. The molecule has 2 nitrogen and oxygen atoms in total. The van der Waals surface area contributed by atoms with E-state index in [0.717, 1.165) is 19.5 Å². The molecular weight excluding hydrogens is 88.1 g/mol. The number of nitrogens with two attached hydrogens (primary N) is 1. The summed E-state index contributed by atoms with van der Waals surface area (Å²) >= 11 is 0. The smallest absolute Gasteiger partial charge is 0.0128 e. The van der Waals surface area contributed by atoms with Gasteiger partial charge >= 0.3 is 0 Å². The molecule has 43 valence electrons. The molecule has 0 heterocycles. The Balaban J connectivity index is 2.83. The van der Waals surface area contributed by atoms with Crippen LogP contribution in [0, 0.1) is 6.92 Å². The molecule has 0 aromatic rings. The number of hydrazine groups is 1. The summed E-state index contributed by atoms with van der Waals surface area (Å²) in [5, 5.41) is 1.74. The van der Waals surface area contributed by atoms with Gasteiger partial charge in [0, 0.05) is 13.1 Å². The average Bonchev–Trinajstić information content (AvgIpc) is 1.68. The van der Waals surface area contributed by atoms with Crippen molar-refractivity contribution in [3.05, 3.63) is 6.92 Å². The van der Waals surface area contributed by atoms with Gasteiger partial charge < -0.3 is 0 Å². The van der Waals surface area contributed by atoms with Crippen LogP contribution in [-0.2, 0) is 0 Å². The lowest BCUT2D eigenvalue weighted by Gasteiger charge is -2.09. The van der Waals surface area contributed by atoms with Gasteiger partial charge in [-0.15, -0.1) is 0 Å². The van der Waals surface area contributed by atoms with Gasteiger partial charge in [-0.3, -0.25) is 5.84 Å². The van der Waals surface area contributed by atoms with E-state index in [-0.39, 0.29) is 0 Å². The van der Waals surface area contributed by atoms with Gasteiger partial charge in [0.2, 0.25) is 0 Å². The second kappa shape index (κ2) is 4.09. The van der Waals surface area contributed by atoms with Crippen molar-refractivity contribution in [3.63, 3.8) is 0 Å². The molecule has 2 heteroatoms. The lowest BCUT2D eigenvalue weighted by atomic mass is 10.5. The Labute approximate surface area is 45.3 Å². The molecule has 1 radical (unpaired) electrons. The predicted octanol–water partition coefficient (Wildman–Crippen LogP) is 0.406. The quantitative estimate of drug-likeness (QED) is 0.412. The molecule has 0 aromatic heterocycles.